The summed E-state index contributed by atoms with van der Waals surface area (Å²) in [6.07, 6.45) is 0. The third kappa shape index (κ3) is 2.78. The van der Waals surface area contributed by atoms with Gasteiger partial charge in [0.2, 0.25) is 4.80 Å². The molecule has 21 heavy (non-hydrogen) atoms. The number of aromatic nitrogens is 1. The van der Waals surface area contributed by atoms with Crippen molar-refractivity contribution in [1.29, 1.82) is 0 Å². The highest BCUT2D eigenvalue weighted by molar-refractivity contribution is 7.92. The molecule has 0 aliphatic heterocycles. The van der Waals surface area contributed by atoms with Gasteiger partial charge in [0.25, 0.3) is 10.0 Å². The fourth-order valence-corrected chi connectivity index (χ4v) is 5.52. The first-order valence-electron chi connectivity index (χ1n) is 6.14. The standard InChI is InChI=1S/C13H11ClN2O2S3/c1-2-16-10-6-5-9(14)8-11(10)20-13(16)15-21(17,18)12-4-3-7-19-12/h3-8H,2H2,1H3/b15-13-. The molecule has 110 valence electrons. The Kier molecular flexibility index (Phi) is 3.92. The van der Waals surface area contributed by atoms with Gasteiger partial charge in [0.15, 0.2) is 0 Å². The highest BCUT2D eigenvalue weighted by atomic mass is 35.5. The van der Waals surface area contributed by atoms with Crippen LogP contribution in [-0.4, -0.2) is 13.0 Å². The lowest BCUT2D eigenvalue weighted by Gasteiger charge is -2.00. The Hall–Kier alpha value is -1.15. The van der Waals surface area contributed by atoms with Crippen molar-refractivity contribution in [2.24, 2.45) is 4.40 Å². The van der Waals surface area contributed by atoms with Gasteiger partial charge in [-0.3, -0.25) is 0 Å². The zero-order valence-corrected chi connectivity index (χ0v) is 14.2. The molecule has 0 aliphatic carbocycles. The van der Waals surface area contributed by atoms with Crippen molar-refractivity contribution in [3.05, 3.63) is 45.5 Å². The van der Waals surface area contributed by atoms with Gasteiger partial charge in [-0.2, -0.15) is 8.42 Å². The monoisotopic (exact) mass is 358 g/mol. The highest BCUT2D eigenvalue weighted by Gasteiger charge is 2.15. The minimum atomic E-state index is -3.66. The molecule has 0 saturated heterocycles. The number of fused-ring (bicyclic) bond motifs is 1. The smallest absolute Gasteiger partial charge is 0.294 e. The van der Waals surface area contributed by atoms with E-state index in [-0.39, 0.29) is 4.21 Å². The average molecular weight is 359 g/mol. The number of halogens is 1. The minimum absolute atomic E-state index is 0.251. The van der Waals surface area contributed by atoms with Gasteiger partial charge in [0, 0.05) is 11.6 Å². The van der Waals surface area contributed by atoms with Gasteiger partial charge < -0.3 is 4.57 Å². The molecule has 0 bridgehead atoms. The van der Waals surface area contributed by atoms with Crippen molar-refractivity contribution < 1.29 is 8.42 Å². The van der Waals surface area contributed by atoms with Crippen LogP contribution in [0.5, 0.6) is 0 Å². The van der Waals surface area contributed by atoms with Crippen LogP contribution in [-0.2, 0) is 16.6 Å². The molecule has 3 rings (SSSR count). The second-order valence-corrected chi connectivity index (χ2v) is 8.46. The molecular formula is C13H11ClN2O2S3. The van der Waals surface area contributed by atoms with E-state index in [1.807, 2.05) is 23.6 Å². The minimum Gasteiger partial charge on any atom is -0.316 e. The predicted molar refractivity (Wildman–Crippen MR) is 87.6 cm³/mol. The second kappa shape index (κ2) is 5.57. The van der Waals surface area contributed by atoms with Crippen LogP contribution in [0.25, 0.3) is 10.2 Å². The maximum Gasteiger partial charge on any atom is 0.294 e. The molecule has 3 aromatic rings. The molecule has 0 aliphatic rings. The highest BCUT2D eigenvalue weighted by Crippen LogP contribution is 2.23. The van der Waals surface area contributed by atoms with Crippen LogP contribution in [0.4, 0.5) is 0 Å². The van der Waals surface area contributed by atoms with Crippen molar-refractivity contribution in [2.75, 3.05) is 0 Å². The van der Waals surface area contributed by atoms with E-state index in [9.17, 15) is 8.42 Å². The lowest BCUT2D eigenvalue weighted by Crippen LogP contribution is -2.15. The molecule has 0 N–H and O–H groups in total. The normalized spacial score (nSPS) is 13.1. The molecule has 0 radical (unpaired) electrons. The molecular weight excluding hydrogens is 348 g/mol. The maximum absolute atomic E-state index is 12.3. The van der Waals surface area contributed by atoms with Gasteiger partial charge in [-0.15, -0.1) is 15.7 Å². The summed E-state index contributed by atoms with van der Waals surface area (Å²) >= 11 is 8.48. The predicted octanol–water partition coefficient (Wildman–Crippen LogP) is 3.73. The molecule has 2 heterocycles. The van der Waals surface area contributed by atoms with Gasteiger partial charge in [-0.1, -0.05) is 29.0 Å². The molecule has 0 spiro atoms. The molecule has 1 aromatic carbocycles. The van der Waals surface area contributed by atoms with E-state index in [0.717, 1.165) is 21.6 Å². The Labute approximate surface area is 135 Å². The SMILES string of the molecule is CCn1/c(=N/S(=O)(=O)c2cccs2)sc2cc(Cl)ccc21. The van der Waals surface area contributed by atoms with Gasteiger partial charge in [0.05, 0.1) is 10.2 Å². The Morgan fingerprint density at radius 3 is 2.81 bits per heavy atom. The third-order valence-corrected chi connectivity index (χ3v) is 6.94. The molecule has 0 fully saturated rings. The zero-order valence-electron chi connectivity index (χ0n) is 11.0. The lowest BCUT2D eigenvalue weighted by molar-refractivity contribution is 0.597. The topological polar surface area (TPSA) is 51.4 Å². The van der Waals surface area contributed by atoms with Crippen molar-refractivity contribution in [3.8, 4) is 0 Å². The lowest BCUT2D eigenvalue weighted by atomic mass is 10.3. The van der Waals surface area contributed by atoms with Gasteiger partial charge >= 0.3 is 0 Å². The Balaban J connectivity index is 2.27. The van der Waals surface area contributed by atoms with Crippen LogP contribution in [0.2, 0.25) is 5.02 Å². The molecule has 0 atom stereocenters. The van der Waals surface area contributed by atoms with E-state index < -0.39 is 10.0 Å². The quantitative estimate of drug-likeness (QED) is 0.716. The van der Waals surface area contributed by atoms with Gasteiger partial charge in [-0.05, 0) is 36.6 Å². The fourth-order valence-electron chi connectivity index (χ4n) is 1.98. The van der Waals surface area contributed by atoms with Crippen LogP contribution < -0.4 is 4.80 Å². The van der Waals surface area contributed by atoms with Crippen LogP contribution in [0.1, 0.15) is 6.92 Å². The summed E-state index contributed by atoms with van der Waals surface area (Å²) in [5.74, 6) is 0. The molecule has 2 aromatic heterocycles. The Bertz CT molecular complexity index is 953. The summed E-state index contributed by atoms with van der Waals surface area (Å²) in [5, 5.41) is 2.35. The van der Waals surface area contributed by atoms with Crippen molar-refractivity contribution in [1.82, 2.24) is 4.57 Å². The van der Waals surface area contributed by atoms with E-state index in [1.54, 1.807) is 23.6 Å². The number of rotatable bonds is 3. The number of sulfonamides is 1. The molecule has 4 nitrogen and oxygen atoms in total. The first-order chi connectivity index (χ1) is 10.0. The number of benzene rings is 1. The van der Waals surface area contributed by atoms with Crippen molar-refractivity contribution in [3.63, 3.8) is 0 Å². The van der Waals surface area contributed by atoms with Crippen molar-refractivity contribution in [2.45, 2.75) is 17.7 Å². The first kappa shape index (κ1) is 14.8. The molecule has 0 unspecified atom stereocenters. The number of hydrogen-bond donors (Lipinski definition) is 0. The Morgan fingerprint density at radius 1 is 1.33 bits per heavy atom. The summed E-state index contributed by atoms with van der Waals surface area (Å²) in [6, 6.07) is 8.76. The van der Waals surface area contributed by atoms with Crippen LogP contribution in [0.15, 0.2) is 44.3 Å². The van der Waals surface area contributed by atoms with Gasteiger partial charge in [-0.25, -0.2) is 0 Å². The first-order valence-corrected chi connectivity index (χ1v) is 9.66. The molecule has 0 amide bonds. The summed E-state index contributed by atoms with van der Waals surface area (Å²) in [4.78, 5) is 0.461. The summed E-state index contributed by atoms with van der Waals surface area (Å²) in [7, 11) is -3.66. The number of thiazole rings is 1. The summed E-state index contributed by atoms with van der Waals surface area (Å²) in [5.41, 5.74) is 0.937. The van der Waals surface area contributed by atoms with Crippen LogP contribution >= 0.6 is 34.3 Å². The average Bonchev–Trinajstić information content (AvgIpc) is 3.04. The van der Waals surface area contributed by atoms with Gasteiger partial charge in [0.1, 0.15) is 4.21 Å². The number of thiophene rings is 1. The van der Waals surface area contributed by atoms with E-state index in [0.29, 0.717) is 16.4 Å². The third-order valence-electron chi connectivity index (χ3n) is 2.91. The summed E-state index contributed by atoms with van der Waals surface area (Å²) in [6.45, 7) is 2.60. The summed E-state index contributed by atoms with van der Waals surface area (Å²) < 4.78 is 31.6. The zero-order chi connectivity index (χ0) is 15.0. The van der Waals surface area contributed by atoms with Crippen molar-refractivity contribution >= 4 is 54.5 Å². The van der Waals surface area contributed by atoms with E-state index >= 15 is 0 Å². The van der Waals surface area contributed by atoms with E-state index in [2.05, 4.69) is 4.40 Å². The second-order valence-electron chi connectivity index (χ2n) is 4.24. The molecule has 0 saturated carbocycles. The number of nitrogens with zero attached hydrogens (tertiary/aromatic N) is 2. The molecule has 8 heteroatoms. The van der Waals surface area contributed by atoms with E-state index in [4.69, 9.17) is 11.6 Å². The van der Waals surface area contributed by atoms with E-state index in [1.165, 1.54) is 11.3 Å². The fraction of sp³-hybridized carbons (Fsp3) is 0.154. The largest absolute Gasteiger partial charge is 0.316 e. The van der Waals surface area contributed by atoms with Crippen LogP contribution in [0.3, 0.4) is 0 Å². The number of aryl methyl sites for hydroxylation is 1. The number of hydrogen-bond acceptors (Lipinski definition) is 4. The van der Waals surface area contributed by atoms with Crippen LogP contribution in [0, 0.1) is 0 Å². The maximum atomic E-state index is 12.3. The Morgan fingerprint density at radius 2 is 2.14 bits per heavy atom.